The van der Waals surface area contributed by atoms with E-state index in [4.69, 9.17) is 23.2 Å². The van der Waals surface area contributed by atoms with Gasteiger partial charge in [-0.1, -0.05) is 42.8 Å². The molecule has 32 heavy (non-hydrogen) atoms. The van der Waals surface area contributed by atoms with Crippen LogP contribution in [-0.4, -0.2) is 36.1 Å². The number of halogens is 1. The smallest absolute Gasteiger partial charge is 0.0777 e. The van der Waals surface area contributed by atoms with E-state index in [0.29, 0.717) is 6.54 Å². The minimum atomic E-state index is 0.104. The number of hydrazine groups is 1. The fourth-order valence-electron chi connectivity index (χ4n) is 4.82. The molecule has 2 aliphatic rings. The number of anilines is 1. The van der Waals surface area contributed by atoms with Crippen LogP contribution in [0.5, 0.6) is 0 Å². The van der Waals surface area contributed by atoms with Gasteiger partial charge >= 0.3 is 0 Å². The number of fused-ring (bicyclic) bond motifs is 1. The number of nitrogens with zero attached hydrogens (tertiary/aromatic N) is 2. The Balaban J connectivity index is 1.73. The van der Waals surface area contributed by atoms with Crippen molar-refractivity contribution in [3.63, 3.8) is 0 Å². The van der Waals surface area contributed by atoms with Crippen molar-refractivity contribution in [1.82, 2.24) is 9.91 Å². The first-order valence-corrected chi connectivity index (χ1v) is 11.9. The van der Waals surface area contributed by atoms with Gasteiger partial charge in [-0.25, -0.2) is 5.84 Å². The minimum Gasteiger partial charge on any atom is -0.401 e. The molecule has 0 bridgehead atoms. The van der Waals surface area contributed by atoms with Gasteiger partial charge in [0.25, 0.3) is 0 Å². The molecule has 0 amide bonds. The van der Waals surface area contributed by atoms with Crippen LogP contribution in [0.3, 0.4) is 0 Å². The molecule has 0 saturated heterocycles. The molecule has 4 rings (SSSR count). The van der Waals surface area contributed by atoms with E-state index in [2.05, 4.69) is 47.5 Å². The summed E-state index contributed by atoms with van der Waals surface area (Å²) in [6.45, 7) is 8.17. The molecule has 0 fully saturated rings. The van der Waals surface area contributed by atoms with E-state index in [1.165, 1.54) is 23.1 Å². The Kier molecular flexibility index (Phi) is 7.09. The summed E-state index contributed by atoms with van der Waals surface area (Å²) in [5.41, 5.74) is 14.0. The number of nitrogens with one attached hydrogen (secondary N) is 1. The van der Waals surface area contributed by atoms with Gasteiger partial charge in [-0.05, 0) is 73.7 Å². The average molecular weight is 452 g/mol. The van der Waals surface area contributed by atoms with Crippen LogP contribution in [0, 0.1) is 0 Å². The zero-order valence-corrected chi connectivity index (χ0v) is 19.8. The number of nitrogens with two attached hydrogens (primary N) is 2. The van der Waals surface area contributed by atoms with Crippen molar-refractivity contribution >= 4 is 28.6 Å². The largest absolute Gasteiger partial charge is 0.401 e. The van der Waals surface area contributed by atoms with Gasteiger partial charge in [-0.2, -0.15) is 0 Å². The normalized spacial score (nSPS) is 20.9. The van der Waals surface area contributed by atoms with E-state index in [9.17, 15) is 0 Å². The summed E-state index contributed by atoms with van der Waals surface area (Å²) in [5.74, 6) is 6.43. The van der Waals surface area contributed by atoms with Crippen LogP contribution < -0.4 is 16.9 Å². The summed E-state index contributed by atoms with van der Waals surface area (Å²) in [7, 11) is 0. The molecule has 2 aliphatic heterocycles. The standard InChI is InChI=1S/C26H34ClN5/c1-3-12-31-13-9-19(10-14-31)20-7-8-23-24(16-20)25(11-15-32(29)26(23)18(2)28)30-22-6-4-5-21(27)17-22/h4-9,16-17,25,30H,3,10-15,28-29H2,1-2H3/b26-18-. The molecular weight excluding hydrogens is 418 g/mol. The lowest BCUT2D eigenvalue weighted by Crippen LogP contribution is -2.31. The Morgan fingerprint density at radius 2 is 2.03 bits per heavy atom. The van der Waals surface area contributed by atoms with Crippen molar-refractivity contribution < 1.29 is 0 Å². The van der Waals surface area contributed by atoms with Crippen LogP contribution in [-0.2, 0) is 0 Å². The monoisotopic (exact) mass is 451 g/mol. The van der Waals surface area contributed by atoms with Crippen molar-refractivity contribution in [3.8, 4) is 0 Å². The molecule has 2 heterocycles. The molecule has 0 radical (unpaired) electrons. The van der Waals surface area contributed by atoms with E-state index >= 15 is 0 Å². The van der Waals surface area contributed by atoms with Crippen molar-refractivity contribution in [3.05, 3.63) is 76.0 Å². The highest BCUT2D eigenvalue weighted by Gasteiger charge is 2.26. The highest BCUT2D eigenvalue weighted by molar-refractivity contribution is 6.30. The third-order valence-electron chi connectivity index (χ3n) is 6.37. The number of hydrogen-bond acceptors (Lipinski definition) is 5. The lowest BCUT2D eigenvalue weighted by Gasteiger charge is -2.27. The Labute approximate surface area is 196 Å². The molecule has 5 N–H and O–H groups in total. The van der Waals surface area contributed by atoms with Gasteiger partial charge in [-0.3, -0.25) is 4.90 Å². The van der Waals surface area contributed by atoms with Crippen LogP contribution in [0.25, 0.3) is 11.3 Å². The van der Waals surface area contributed by atoms with Crippen LogP contribution in [0.2, 0.25) is 5.02 Å². The fraction of sp³-hybridized carbons (Fsp3) is 0.385. The summed E-state index contributed by atoms with van der Waals surface area (Å²) >= 11 is 6.24. The molecule has 0 aromatic heterocycles. The van der Waals surface area contributed by atoms with Crippen LogP contribution >= 0.6 is 11.6 Å². The van der Waals surface area contributed by atoms with Gasteiger partial charge in [0.15, 0.2) is 0 Å². The van der Waals surface area contributed by atoms with Crippen molar-refractivity contribution in [2.75, 3.05) is 31.5 Å². The van der Waals surface area contributed by atoms with Crippen LogP contribution in [0.15, 0.2) is 54.2 Å². The number of hydrogen-bond donors (Lipinski definition) is 3. The van der Waals surface area contributed by atoms with E-state index in [1.54, 1.807) is 5.01 Å². The Bertz CT molecular complexity index is 1020. The maximum absolute atomic E-state index is 6.43. The molecule has 2 aromatic carbocycles. The molecule has 170 valence electrons. The first-order chi connectivity index (χ1) is 15.5. The lowest BCUT2D eigenvalue weighted by atomic mass is 9.90. The molecule has 5 nitrogen and oxygen atoms in total. The molecule has 0 saturated carbocycles. The molecule has 0 aliphatic carbocycles. The number of rotatable bonds is 5. The third kappa shape index (κ3) is 4.96. The highest BCUT2D eigenvalue weighted by Crippen LogP contribution is 2.37. The van der Waals surface area contributed by atoms with E-state index in [1.807, 2.05) is 25.1 Å². The topological polar surface area (TPSA) is 70.5 Å². The van der Waals surface area contributed by atoms with Gasteiger partial charge in [0.1, 0.15) is 0 Å². The van der Waals surface area contributed by atoms with Crippen LogP contribution in [0.1, 0.15) is 55.8 Å². The van der Waals surface area contributed by atoms with Gasteiger partial charge in [-0.15, -0.1) is 0 Å². The summed E-state index contributed by atoms with van der Waals surface area (Å²) in [6, 6.07) is 14.7. The summed E-state index contributed by atoms with van der Waals surface area (Å²) in [5, 5.41) is 6.20. The number of allylic oxidation sites excluding steroid dienone is 1. The average Bonchev–Trinajstić information content (AvgIpc) is 2.90. The van der Waals surface area contributed by atoms with Gasteiger partial charge in [0.2, 0.25) is 0 Å². The summed E-state index contributed by atoms with van der Waals surface area (Å²) < 4.78 is 0. The zero-order chi connectivity index (χ0) is 22.7. The second-order valence-electron chi connectivity index (χ2n) is 8.80. The Hall–Kier alpha value is -2.47. The molecule has 2 aromatic rings. The Morgan fingerprint density at radius 3 is 2.72 bits per heavy atom. The van der Waals surface area contributed by atoms with Crippen molar-refractivity contribution in [1.29, 1.82) is 0 Å². The van der Waals surface area contributed by atoms with Crippen molar-refractivity contribution in [2.45, 2.75) is 39.2 Å². The van der Waals surface area contributed by atoms with E-state index in [-0.39, 0.29) is 6.04 Å². The fourth-order valence-corrected chi connectivity index (χ4v) is 5.01. The predicted molar refractivity (Wildman–Crippen MR) is 136 cm³/mol. The molecule has 0 spiro atoms. The quantitative estimate of drug-likeness (QED) is 0.543. The zero-order valence-electron chi connectivity index (χ0n) is 19.1. The second kappa shape index (κ2) is 9.99. The third-order valence-corrected chi connectivity index (χ3v) is 6.61. The van der Waals surface area contributed by atoms with Crippen molar-refractivity contribution in [2.24, 2.45) is 11.6 Å². The van der Waals surface area contributed by atoms with E-state index in [0.717, 1.165) is 60.1 Å². The molecular formula is C26H34ClN5. The molecule has 1 unspecified atom stereocenters. The first-order valence-electron chi connectivity index (χ1n) is 11.5. The van der Waals surface area contributed by atoms with E-state index < -0.39 is 0 Å². The summed E-state index contributed by atoms with van der Waals surface area (Å²) in [6.07, 6.45) is 5.52. The molecule has 6 heteroatoms. The van der Waals surface area contributed by atoms with Crippen LogP contribution in [0.4, 0.5) is 5.69 Å². The SMILES string of the molecule is CCCN1CC=C(c2ccc3c(c2)C(Nc2cccc(Cl)c2)CCN(N)/C3=C(/C)N)CC1. The molecule has 1 atom stereocenters. The number of benzene rings is 2. The highest BCUT2D eigenvalue weighted by atomic mass is 35.5. The van der Waals surface area contributed by atoms with Gasteiger partial charge in [0, 0.05) is 41.6 Å². The van der Waals surface area contributed by atoms with Gasteiger partial charge in [0.05, 0.1) is 11.7 Å². The second-order valence-corrected chi connectivity index (χ2v) is 9.24. The predicted octanol–water partition coefficient (Wildman–Crippen LogP) is 5.22. The first kappa shape index (κ1) is 22.7. The maximum Gasteiger partial charge on any atom is 0.0777 e. The lowest BCUT2D eigenvalue weighted by molar-refractivity contribution is 0.302. The summed E-state index contributed by atoms with van der Waals surface area (Å²) in [4.78, 5) is 2.52. The maximum atomic E-state index is 6.43. The van der Waals surface area contributed by atoms with Gasteiger partial charge < -0.3 is 16.1 Å². The Morgan fingerprint density at radius 1 is 1.19 bits per heavy atom. The minimum absolute atomic E-state index is 0.104.